The number of aromatic amines is 1. The van der Waals surface area contributed by atoms with E-state index < -0.39 is 0 Å². The van der Waals surface area contributed by atoms with Gasteiger partial charge in [0.25, 0.3) is 0 Å². The highest BCUT2D eigenvalue weighted by Gasteiger charge is 2.24. The first kappa shape index (κ1) is 15.7. The lowest BCUT2D eigenvalue weighted by molar-refractivity contribution is 0.201. The number of fused-ring (bicyclic) bond motifs is 1. The summed E-state index contributed by atoms with van der Waals surface area (Å²) in [5.74, 6) is 0.0502. The summed E-state index contributed by atoms with van der Waals surface area (Å²) in [4.78, 5) is 5.91. The second kappa shape index (κ2) is 6.58. The van der Waals surface area contributed by atoms with Gasteiger partial charge in [0.2, 0.25) is 0 Å². The Bertz CT molecular complexity index is 796. The minimum absolute atomic E-state index is 0.170. The number of rotatable bonds is 3. The smallest absolute Gasteiger partial charge is 0.128 e. The Hall–Kier alpha value is -1.84. The topological polar surface area (TPSA) is 19.0 Å². The molecule has 0 spiro atoms. The van der Waals surface area contributed by atoms with E-state index in [-0.39, 0.29) is 11.7 Å². The average molecular weight is 343 g/mol. The van der Waals surface area contributed by atoms with Crippen molar-refractivity contribution in [3.8, 4) is 0 Å². The lowest BCUT2D eigenvalue weighted by Crippen LogP contribution is -2.32. The third kappa shape index (κ3) is 3.06. The van der Waals surface area contributed by atoms with Gasteiger partial charge in [0.1, 0.15) is 5.82 Å². The van der Waals surface area contributed by atoms with Crippen LogP contribution in [0, 0.1) is 5.82 Å². The molecular formula is C20H20ClFN2. The zero-order chi connectivity index (χ0) is 16.5. The number of benzene rings is 2. The van der Waals surface area contributed by atoms with Gasteiger partial charge in [-0.3, -0.25) is 4.90 Å². The minimum Gasteiger partial charge on any atom is -0.357 e. The van der Waals surface area contributed by atoms with E-state index in [9.17, 15) is 4.39 Å². The van der Waals surface area contributed by atoms with E-state index in [1.54, 1.807) is 12.1 Å². The van der Waals surface area contributed by atoms with Crippen molar-refractivity contribution in [1.29, 1.82) is 0 Å². The van der Waals surface area contributed by atoms with Crippen molar-refractivity contribution in [2.24, 2.45) is 0 Å². The fraction of sp³-hybridized carbons (Fsp3) is 0.300. The largest absolute Gasteiger partial charge is 0.357 e. The molecular weight excluding hydrogens is 323 g/mol. The number of aromatic nitrogens is 1. The Morgan fingerprint density at radius 1 is 1.08 bits per heavy atom. The quantitative estimate of drug-likeness (QED) is 0.680. The fourth-order valence-electron chi connectivity index (χ4n) is 3.74. The molecule has 1 saturated heterocycles. The van der Waals surface area contributed by atoms with E-state index in [1.807, 2.05) is 6.07 Å². The molecule has 4 heteroatoms. The van der Waals surface area contributed by atoms with Crippen LogP contribution in [0.4, 0.5) is 4.39 Å². The maximum Gasteiger partial charge on any atom is 0.128 e. The second-order valence-electron chi connectivity index (χ2n) is 6.57. The summed E-state index contributed by atoms with van der Waals surface area (Å²) in [6, 6.07) is 15.5. The average Bonchev–Trinajstić information content (AvgIpc) is 2.98. The molecule has 2 aromatic carbocycles. The Balaban J connectivity index is 1.43. The summed E-state index contributed by atoms with van der Waals surface area (Å²) in [7, 11) is 0. The van der Waals surface area contributed by atoms with Crippen molar-refractivity contribution in [2.75, 3.05) is 13.1 Å². The van der Waals surface area contributed by atoms with Gasteiger partial charge in [0, 0.05) is 28.3 Å². The molecule has 0 saturated carbocycles. The van der Waals surface area contributed by atoms with Crippen LogP contribution in [0.1, 0.15) is 30.0 Å². The molecule has 2 heterocycles. The fourth-order valence-corrected chi connectivity index (χ4v) is 4.06. The molecule has 24 heavy (non-hydrogen) atoms. The Morgan fingerprint density at radius 3 is 2.62 bits per heavy atom. The SMILES string of the molecule is Fc1cccc(Cl)c1C1CCN(Cc2cc3ccccc3[nH]2)CC1. The number of halogens is 2. The number of nitrogens with zero attached hydrogens (tertiary/aromatic N) is 1. The van der Waals surface area contributed by atoms with Crippen molar-refractivity contribution in [3.63, 3.8) is 0 Å². The van der Waals surface area contributed by atoms with Gasteiger partial charge in [-0.1, -0.05) is 35.9 Å². The molecule has 0 unspecified atom stereocenters. The summed E-state index contributed by atoms with van der Waals surface area (Å²) >= 11 is 6.22. The first-order valence-corrected chi connectivity index (χ1v) is 8.81. The highest BCUT2D eigenvalue weighted by atomic mass is 35.5. The number of hydrogen-bond acceptors (Lipinski definition) is 1. The summed E-state index contributed by atoms with van der Waals surface area (Å²) in [5, 5.41) is 1.81. The molecule has 0 atom stereocenters. The molecule has 124 valence electrons. The van der Waals surface area contributed by atoms with Gasteiger partial charge < -0.3 is 4.98 Å². The Morgan fingerprint density at radius 2 is 1.88 bits per heavy atom. The molecule has 1 aliphatic rings. The van der Waals surface area contributed by atoms with Crippen molar-refractivity contribution < 1.29 is 4.39 Å². The zero-order valence-corrected chi connectivity index (χ0v) is 14.2. The van der Waals surface area contributed by atoms with Gasteiger partial charge in [0.15, 0.2) is 0 Å². The summed E-state index contributed by atoms with van der Waals surface area (Å²) in [6.07, 6.45) is 1.89. The molecule has 1 fully saturated rings. The molecule has 1 N–H and O–H groups in total. The Labute approximate surface area is 146 Å². The molecule has 4 rings (SSSR count). The molecule has 0 radical (unpaired) electrons. The van der Waals surface area contributed by atoms with Crippen LogP contribution in [0.3, 0.4) is 0 Å². The summed E-state index contributed by atoms with van der Waals surface area (Å²) in [5.41, 5.74) is 3.11. The van der Waals surface area contributed by atoms with Crippen LogP contribution in [-0.4, -0.2) is 23.0 Å². The number of para-hydroxylation sites is 1. The number of piperidine rings is 1. The first-order valence-electron chi connectivity index (χ1n) is 8.43. The van der Waals surface area contributed by atoms with Crippen LogP contribution in [0.5, 0.6) is 0 Å². The summed E-state index contributed by atoms with van der Waals surface area (Å²) < 4.78 is 14.1. The number of nitrogens with one attached hydrogen (secondary N) is 1. The molecule has 2 nitrogen and oxygen atoms in total. The van der Waals surface area contributed by atoms with Gasteiger partial charge in [-0.25, -0.2) is 4.39 Å². The Kier molecular flexibility index (Phi) is 4.30. The van der Waals surface area contributed by atoms with Crippen LogP contribution in [0.25, 0.3) is 10.9 Å². The van der Waals surface area contributed by atoms with Crippen LogP contribution in [-0.2, 0) is 6.54 Å². The van der Waals surface area contributed by atoms with Gasteiger partial charge in [0.05, 0.1) is 0 Å². The standard InChI is InChI=1S/C20H20ClFN2/c21-17-5-3-6-18(22)20(17)14-8-10-24(11-9-14)13-16-12-15-4-1-2-7-19(15)23-16/h1-7,12,14,23H,8-11,13H2. The van der Waals surface area contributed by atoms with E-state index in [1.165, 1.54) is 22.7 Å². The van der Waals surface area contributed by atoms with Crippen LogP contribution in [0.15, 0.2) is 48.5 Å². The van der Waals surface area contributed by atoms with Crippen LogP contribution >= 0.6 is 11.6 Å². The molecule has 3 aromatic rings. The normalized spacial score (nSPS) is 16.8. The van der Waals surface area contributed by atoms with Gasteiger partial charge in [-0.2, -0.15) is 0 Å². The van der Waals surface area contributed by atoms with Gasteiger partial charge >= 0.3 is 0 Å². The molecule has 1 aromatic heterocycles. The number of likely N-dealkylation sites (tertiary alicyclic amines) is 1. The molecule has 0 amide bonds. The zero-order valence-electron chi connectivity index (χ0n) is 13.4. The van der Waals surface area contributed by atoms with Crippen LogP contribution < -0.4 is 0 Å². The maximum absolute atomic E-state index is 14.1. The predicted octanol–water partition coefficient (Wildman–Crippen LogP) is 5.34. The van der Waals surface area contributed by atoms with E-state index in [0.29, 0.717) is 10.6 Å². The first-order chi connectivity index (χ1) is 11.7. The lowest BCUT2D eigenvalue weighted by Gasteiger charge is -2.32. The third-order valence-corrected chi connectivity index (χ3v) is 5.30. The van der Waals surface area contributed by atoms with Gasteiger partial charge in [-0.15, -0.1) is 0 Å². The van der Waals surface area contributed by atoms with Crippen LogP contribution in [0.2, 0.25) is 5.02 Å². The second-order valence-corrected chi connectivity index (χ2v) is 6.97. The highest BCUT2D eigenvalue weighted by Crippen LogP contribution is 2.35. The lowest BCUT2D eigenvalue weighted by atomic mass is 9.89. The monoisotopic (exact) mass is 342 g/mol. The van der Waals surface area contributed by atoms with Gasteiger partial charge in [-0.05, 0) is 61.5 Å². The van der Waals surface area contributed by atoms with E-state index in [0.717, 1.165) is 32.5 Å². The van der Waals surface area contributed by atoms with E-state index in [4.69, 9.17) is 11.6 Å². The maximum atomic E-state index is 14.1. The highest BCUT2D eigenvalue weighted by molar-refractivity contribution is 6.31. The van der Waals surface area contributed by atoms with E-state index >= 15 is 0 Å². The van der Waals surface area contributed by atoms with Crippen molar-refractivity contribution in [3.05, 3.63) is 70.6 Å². The predicted molar refractivity (Wildman–Crippen MR) is 97.0 cm³/mol. The number of H-pyrrole nitrogens is 1. The van der Waals surface area contributed by atoms with Crippen molar-refractivity contribution in [2.45, 2.75) is 25.3 Å². The number of hydrogen-bond donors (Lipinski definition) is 1. The minimum atomic E-state index is -0.170. The third-order valence-electron chi connectivity index (χ3n) is 4.98. The van der Waals surface area contributed by atoms with Crippen molar-refractivity contribution >= 4 is 22.5 Å². The van der Waals surface area contributed by atoms with E-state index in [2.05, 4.69) is 34.1 Å². The molecule has 1 aliphatic heterocycles. The molecule has 0 bridgehead atoms. The van der Waals surface area contributed by atoms with Crippen molar-refractivity contribution in [1.82, 2.24) is 9.88 Å². The molecule has 0 aliphatic carbocycles. The summed E-state index contributed by atoms with van der Waals surface area (Å²) in [6.45, 7) is 2.84.